The van der Waals surface area contributed by atoms with E-state index in [1.807, 2.05) is 0 Å². The molecule has 0 aromatic carbocycles. The molecular formula is C11H13ClN4O4. The Morgan fingerprint density at radius 3 is 2.80 bits per heavy atom. The van der Waals surface area contributed by atoms with Crippen molar-refractivity contribution >= 4 is 28.6 Å². The molecule has 4 atom stereocenters. The first-order chi connectivity index (χ1) is 9.52. The summed E-state index contributed by atoms with van der Waals surface area (Å²) in [7, 11) is 0. The molecule has 0 amide bonds. The van der Waals surface area contributed by atoms with E-state index in [-0.39, 0.29) is 5.82 Å². The molecule has 0 spiro atoms. The third kappa shape index (κ3) is 1.93. The quantitative estimate of drug-likeness (QED) is 0.576. The molecule has 8 nitrogen and oxygen atoms in total. The van der Waals surface area contributed by atoms with Gasteiger partial charge >= 0.3 is 0 Å². The highest BCUT2D eigenvalue weighted by molar-refractivity contribution is 6.35. The van der Waals surface area contributed by atoms with Gasteiger partial charge in [0.2, 0.25) is 0 Å². The van der Waals surface area contributed by atoms with Gasteiger partial charge in [0.05, 0.1) is 18.0 Å². The zero-order chi connectivity index (χ0) is 14.4. The second kappa shape index (κ2) is 4.83. The van der Waals surface area contributed by atoms with Crippen LogP contribution in [0.25, 0.3) is 11.2 Å². The lowest BCUT2D eigenvalue weighted by atomic mass is 10.1. The summed E-state index contributed by atoms with van der Waals surface area (Å²) in [4.78, 5) is 8.20. The molecule has 108 valence electrons. The summed E-state index contributed by atoms with van der Waals surface area (Å²) in [6.45, 7) is -0.405. The highest BCUT2D eigenvalue weighted by Gasteiger charge is 2.43. The lowest BCUT2D eigenvalue weighted by molar-refractivity contribution is -0.0511. The summed E-state index contributed by atoms with van der Waals surface area (Å²) in [6.07, 6.45) is -2.81. The van der Waals surface area contributed by atoms with Gasteiger partial charge in [0, 0.05) is 6.07 Å². The maximum atomic E-state index is 10.0. The van der Waals surface area contributed by atoms with E-state index in [0.717, 1.165) is 0 Å². The molecule has 5 N–H and O–H groups in total. The molecule has 2 aromatic rings. The number of halogens is 1. The first-order valence-electron chi connectivity index (χ1n) is 5.94. The van der Waals surface area contributed by atoms with Gasteiger partial charge in [0.1, 0.15) is 29.6 Å². The number of hydrogen-bond acceptors (Lipinski definition) is 7. The summed E-state index contributed by atoms with van der Waals surface area (Å²) in [5.41, 5.74) is 6.39. The SMILES string of the molecule is Nc1cc(Cl)c2ncn([C@@H]3O[C@@H](CO)[C@@H](O)[C@@H]3O)c2n1. The summed E-state index contributed by atoms with van der Waals surface area (Å²) in [6, 6.07) is 1.47. The van der Waals surface area contributed by atoms with Gasteiger partial charge in [-0.2, -0.15) is 0 Å². The number of aliphatic hydroxyl groups is 3. The molecule has 1 aliphatic heterocycles. The Labute approximate surface area is 118 Å². The Kier molecular flexibility index (Phi) is 3.27. The van der Waals surface area contributed by atoms with Crippen LogP contribution in [0, 0.1) is 0 Å². The van der Waals surface area contributed by atoms with Crippen LogP contribution in [-0.2, 0) is 4.74 Å². The van der Waals surface area contributed by atoms with Crippen molar-refractivity contribution in [3.63, 3.8) is 0 Å². The number of aliphatic hydroxyl groups excluding tert-OH is 3. The molecule has 3 heterocycles. The van der Waals surface area contributed by atoms with Crippen molar-refractivity contribution in [1.29, 1.82) is 0 Å². The maximum Gasteiger partial charge on any atom is 0.165 e. The Hall–Kier alpha value is -1.45. The summed E-state index contributed by atoms with van der Waals surface area (Å²) < 4.78 is 6.85. The number of fused-ring (bicyclic) bond motifs is 1. The van der Waals surface area contributed by atoms with Crippen molar-refractivity contribution in [3.05, 3.63) is 17.4 Å². The number of pyridine rings is 1. The number of nitrogen functional groups attached to an aromatic ring is 1. The van der Waals surface area contributed by atoms with Crippen LogP contribution in [-0.4, -0.2) is 54.8 Å². The molecule has 1 fully saturated rings. The Morgan fingerprint density at radius 1 is 1.40 bits per heavy atom. The van der Waals surface area contributed by atoms with Gasteiger partial charge in [0.15, 0.2) is 11.9 Å². The topological polar surface area (TPSA) is 127 Å². The Balaban J connectivity index is 2.07. The van der Waals surface area contributed by atoms with Gasteiger partial charge in [-0.15, -0.1) is 0 Å². The van der Waals surface area contributed by atoms with Crippen molar-refractivity contribution in [3.8, 4) is 0 Å². The average Bonchev–Trinajstić information content (AvgIpc) is 2.93. The van der Waals surface area contributed by atoms with Crippen molar-refractivity contribution < 1.29 is 20.1 Å². The van der Waals surface area contributed by atoms with E-state index >= 15 is 0 Å². The standard InChI is InChI=1S/C11H13ClN4O4/c12-4-1-6(13)15-10-7(4)14-3-16(10)11-9(19)8(18)5(2-17)20-11/h1,3,5,8-9,11,17-19H,2H2,(H2,13,15)/t5-,8+,9-,11+/m0/s1. The lowest BCUT2D eigenvalue weighted by Gasteiger charge is -2.16. The lowest BCUT2D eigenvalue weighted by Crippen LogP contribution is -2.33. The van der Waals surface area contributed by atoms with Crippen LogP contribution in [0.1, 0.15) is 6.23 Å². The number of aromatic nitrogens is 3. The Morgan fingerprint density at radius 2 is 2.15 bits per heavy atom. The van der Waals surface area contributed by atoms with Gasteiger partial charge in [-0.05, 0) is 0 Å². The molecule has 0 bridgehead atoms. The van der Waals surface area contributed by atoms with Gasteiger partial charge in [-0.1, -0.05) is 11.6 Å². The van der Waals surface area contributed by atoms with E-state index < -0.39 is 31.1 Å². The van der Waals surface area contributed by atoms with E-state index in [9.17, 15) is 10.2 Å². The van der Waals surface area contributed by atoms with Crippen LogP contribution in [0.3, 0.4) is 0 Å². The molecule has 1 aliphatic rings. The predicted octanol–water partition coefficient (Wildman–Crippen LogP) is -0.722. The van der Waals surface area contributed by atoms with Crippen LogP contribution >= 0.6 is 11.6 Å². The zero-order valence-corrected chi connectivity index (χ0v) is 11.0. The van der Waals surface area contributed by atoms with Gasteiger partial charge in [-0.25, -0.2) is 9.97 Å². The minimum atomic E-state index is -1.22. The average molecular weight is 301 g/mol. The molecule has 0 aliphatic carbocycles. The van der Waals surface area contributed by atoms with E-state index in [1.165, 1.54) is 17.0 Å². The van der Waals surface area contributed by atoms with E-state index in [0.29, 0.717) is 16.2 Å². The van der Waals surface area contributed by atoms with Gasteiger partial charge in [-0.3, -0.25) is 4.57 Å². The first kappa shape index (κ1) is 13.5. The number of nitrogens with two attached hydrogens (primary N) is 1. The van der Waals surface area contributed by atoms with E-state index in [2.05, 4.69) is 9.97 Å². The van der Waals surface area contributed by atoms with Crippen LogP contribution in [0.5, 0.6) is 0 Å². The van der Waals surface area contributed by atoms with Crippen LogP contribution < -0.4 is 5.73 Å². The third-order valence-corrected chi connectivity index (χ3v) is 3.58. The van der Waals surface area contributed by atoms with Crippen molar-refractivity contribution in [2.24, 2.45) is 0 Å². The smallest absolute Gasteiger partial charge is 0.165 e. The molecule has 1 saturated heterocycles. The largest absolute Gasteiger partial charge is 0.394 e. The fourth-order valence-corrected chi connectivity index (χ4v) is 2.53. The monoisotopic (exact) mass is 300 g/mol. The molecular weight excluding hydrogens is 288 g/mol. The second-order valence-corrected chi connectivity index (χ2v) is 4.99. The number of nitrogens with zero attached hydrogens (tertiary/aromatic N) is 3. The summed E-state index contributed by atoms with van der Waals surface area (Å²) in [5.74, 6) is 0.205. The van der Waals surface area contributed by atoms with Crippen molar-refractivity contribution in [2.75, 3.05) is 12.3 Å². The first-order valence-corrected chi connectivity index (χ1v) is 6.31. The van der Waals surface area contributed by atoms with E-state index in [1.54, 1.807) is 0 Å². The number of imidazole rings is 1. The van der Waals surface area contributed by atoms with Crippen LogP contribution in [0.15, 0.2) is 12.4 Å². The molecule has 20 heavy (non-hydrogen) atoms. The molecule has 0 unspecified atom stereocenters. The fraction of sp³-hybridized carbons (Fsp3) is 0.455. The van der Waals surface area contributed by atoms with Crippen LogP contribution in [0.4, 0.5) is 5.82 Å². The minimum absolute atomic E-state index is 0.205. The van der Waals surface area contributed by atoms with Crippen molar-refractivity contribution in [1.82, 2.24) is 14.5 Å². The molecule has 9 heteroatoms. The number of rotatable bonds is 2. The number of ether oxygens (including phenoxy) is 1. The Bertz CT molecular complexity index is 649. The maximum absolute atomic E-state index is 10.0. The summed E-state index contributed by atoms with van der Waals surface area (Å²) in [5, 5.41) is 29.2. The van der Waals surface area contributed by atoms with E-state index in [4.69, 9.17) is 27.2 Å². The molecule has 2 aromatic heterocycles. The van der Waals surface area contributed by atoms with Gasteiger partial charge < -0.3 is 25.8 Å². The van der Waals surface area contributed by atoms with Crippen LogP contribution in [0.2, 0.25) is 5.02 Å². The number of hydrogen-bond donors (Lipinski definition) is 4. The highest BCUT2D eigenvalue weighted by Crippen LogP contribution is 2.32. The van der Waals surface area contributed by atoms with Gasteiger partial charge in [0.25, 0.3) is 0 Å². The summed E-state index contributed by atoms with van der Waals surface area (Å²) >= 11 is 6.01. The normalized spacial score (nSPS) is 30.2. The highest BCUT2D eigenvalue weighted by atomic mass is 35.5. The zero-order valence-electron chi connectivity index (χ0n) is 10.2. The fourth-order valence-electron chi connectivity index (χ4n) is 2.28. The minimum Gasteiger partial charge on any atom is -0.394 e. The number of anilines is 1. The molecule has 0 saturated carbocycles. The third-order valence-electron chi connectivity index (χ3n) is 3.29. The van der Waals surface area contributed by atoms with Crippen molar-refractivity contribution in [2.45, 2.75) is 24.5 Å². The second-order valence-electron chi connectivity index (χ2n) is 4.58. The molecule has 3 rings (SSSR count). The molecule has 0 radical (unpaired) electrons. The predicted molar refractivity (Wildman–Crippen MR) is 70.0 cm³/mol.